The SMILES string of the molecule is c1ccc(NC(=NCc2cccs2)N2CCOCC2)cc1. The van der Waals surface area contributed by atoms with E-state index in [0.29, 0.717) is 6.54 Å². The summed E-state index contributed by atoms with van der Waals surface area (Å²) in [7, 11) is 0. The third-order valence-electron chi connectivity index (χ3n) is 3.31. The number of anilines is 1. The highest BCUT2D eigenvalue weighted by molar-refractivity contribution is 7.09. The first-order chi connectivity index (χ1) is 10.4. The van der Waals surface area contributed by atoms with Crippen molar-refractivity contribution in [3.8, 4) is 0 Å². The van der Waals surface area contributed by atoms with E-state index in [-0.39, 0.29) is 0 Å². The number of hydrogen-bond acceptors (Lipinski definition) is 3. The maximum Gasteiger partial charge on any atom is 0.198 e. The molecule has 1 N–H and O–H groups in total. The molecule has 1 fully saturated rings. The summed E-state index contributed by atoms with van der Waals surface area (Å²) in [5, 5.41) is 5.52. The van der Waals surface area contributed by atoms with Gasteiger partial charge in [0.1, 0.15) is 0 Å². The van der Waals surface area contributed by atoms with Crippen molar-refractivity contribution in [3.63, 3.8) is 0 Å². The number of nitrogens with one attached hydrogen (secondary N) is 1. The van der Waals surface area contributed by atoms with Gasteiger partial charge >= 0.3 is 0 Å². The van der Waals surface area contributed by atoms with E-state index >= 15 is 0 Å². The molecule has 4 nitrogen and oxygen atoms in total. The molecular weight excluding hydrogens is 282 g/mol. The zero-order valence-electron chi connectivity index (χ0n) is 11.9. The number of morpholine rings is 1. The van der Waals surface area contributed by atoms with Gasteiger partial charge in [-0.3, -0.25) is 0 Å². The number of benzene rings is 1. The zero-order chi connectivity index (χ0) is 14.3. The number of aliphatic imine (C=N–C) groups is 1. The summed E-state index contributed by atoms with van der Waals surface area (Å²) < 4.78 is 5.43. The fourth-order valence-corrected chi connectivity index (χ4v) is 2.83. The van der Waals surface area contributed by atoms with Gasteiger partial charge in [0.2, 0.25) is 0 Å². The topological polar surface area (TPSA) is 36.9 Å². The lowest BCUT2D eigenvalue weighted by atomic mass is 10.3. The Morgan fingerprint density at radius 1 is 1.14 bits per heavy atom. The molecule has 0 unspecified atom stereocenters. The molecule has 21 heavy (non-hydrogen) atoms. The van der Waals surface area contributed by atoms with Crippen LogP contribution in [0.5, 0.6) is 0 Å². The van der Waals surface area contributed by atoms with Gasteiger partial charge in [-0.05, 0) is 23.6 Å². The largest absolute Gasteiger partial charge is 0.378 e. The van der Waals surface area contributed by atoms with E-state index in [1.54, 1.807) is 11.3 Å². The Kier molecular flexibility index (Phi) is 4.86. The molecule has 0 amide bonds. The molecular formula is C16H19N3OS. The van der Waals surface area contributed by atoms with Gasteiger partial charge in [-0.1, -0.05) is 24.3 Å². The highest BCUT2D eigenvalue weighted by Crippen LogP contribution is 2.12. The molecule has 0 radical (unpaired) electrons. The minimum absolute atomic E-state index is 0.712. The van der Waals surface area contributed by atoms with Crippen LogP contribution in [0.25, 0.3) is 0 Å². The van der Waals surface area contributed by atoms with Crippen LogP contribution >= 0.6 is 11.3 Å². The van der Waals surface area contributed by atoms with Gasteiger partial charge in [0, 0.05) is 23.7 Å². The average Bonchev–Trinajstić information content (AvgIpc) is 3.07. The van der Waals surface area contributed by atoms with Crippen molar-refractivity contribution in [3.05, 3.63) is 52.7 Å². The second kappa shape index (κ2) is 7.24. The summed E-state index contributed by atoms with van der Waals surface area (Å²) >= 11 is 1.74. The van der Waals surface area contributed by atoms with Crippen molar-refractivity contribution in [1.82, 2.24) is 4.90 Å². The van der Waals surface area contributed by atoms with Crippen LogP contribution in [0.4, 0.5) is 5.69 Å². The van der Waals surface area contributed by atoms with Crippen LogP contribution in [0, 0.1) is 0 Å². The van der Waals surface area contributed by atoms with Gasteiger partial charge in [0.25, 0.3) is 0 Å². The molecule has 2 aromatic rings. The lowest BCUT2D eigenvalue weighted by Gasteiger charge is -2.30. The first kappa shape index (κ1) is 14.1. The Balaban J connectivity index is 1.74. The molecule has 5 heteroatoms. The molecule has 110 valence electrons. The predicted molar refractivity (Wildman–Crippen MR) is 87.9 cm³/mol. The lowest BCUT2D eigenvalue weighted by molar-refractivity contribution is 0.0679. The van der Waals surface area contributed by atoms with Crippen LogP contribution in [0.2, 0.25) is 0 Å². The summed E-state index contributed by atoms with van der Waals surface area (Å²) in [6, 6.07) is 14.4. The maximum absolute atomic E-state index is 5.43. The van der Waals surface area contributed by atoms with Crippen LogP contribution in [0.15, 0.2) is 52.8 Å². The molecule has 3 rings (SSSR count). The number of rotatable bonds is 3. The van der Waals surface area contributed by atoms with Crippen molar-refractivity contribution < 1.29 is 4.74 Å². The molecule has 0 aliphatic carbocycles. The highest BCUT2D eigenvalue weighted by atomic mass is 32.1. The van der Waals surface area contributed by atoms with Gasteiger partial charge < -0.3 is 15.0 Å². The Morgan fingerprint density at radius 3 is 2.67 bits per heavy atom. The van der Waals surface area contributed by atoms with E-state index in [2.05, 4.69) is 39.9 Å². The number of nitrogens with zero attached hydrogens (tertiary/aromatic N) is 2. The lowest BCUT2D eigenvalue weighted by Crippen LogP contribution is -2.44. The van der Waals surface area contributed by atoms with Crippen LogP contribution < -0.4 is 5.32 Å². The Bertz CT molecular complexity index is 562. The average molecular weight is 301 g/mol. The third kappa shape index (κ3) is 4.06. The standard InChI is InChI=1S/C16H19N3OS/c1-2-5-14(6-3-1)18-16(19-8-10-20-11-9-19)17-13-15-7-4-12-21-15/h1-7,12H,8-11,13H2,(H,17,18). The fourth-order valence-electron chi connectivity index (χ4n) is 2.20. The quantitative estimate of drug-likeness (QED) is 0.699. The van der Waals surface area contributed by atoms with Crippen molar-refractivity contribution in [2.24, 2.45) is 4.99 Å². The summed E-state index contributed by atoms with van der Waals surface area (Å²) in [4.78, 5) is 8.30. The Morgan fingerprint density at radius 2 is 1.95 bits per heavy atom. The Labute approximate surface area is 129 Å². The summed E-state index contributed by atoms with van der Waals surface area (Å²) in [5.41, 5.74) is 1.06. The van der Waals surface area contributed by atoms with E-state index in [1.165, 1.54) is 4.88 Å². The highest BCUT2D eigenvalue weighted by Gasteiger charge is 2.15. The third-order valence-corrected chi connectivity index (χ3v) is 4.17. The summed E-state index contributed by atoms with van der Waals surface area (Å²) in [6.45, 7) is 3.99. The number of hydrogen-bond donors (Lipinski definition) is 1. The van der Waals surface area contributed by atoms with E-state index in [9.17, 15) is 0 Å². The van der Waals surface area contributed by atoms with E-state index < -0.39 is 0 Å². The van der Waals surface area contributed by atoms with Gasteiger partial charge in [-0.25, -0.2) is 4.99 Å². The van der Waals surface area contributed by atoms with Crippen molar-refractivity contribution >= 4 is 23.0 Å². The number of thiophene rings is 1. The molecule has 1 aromatic carbocycles. The first-order valence-corrected chi connectivity index (χ1v) is 8.01. The van der Waals surface area contributed by atoms with E-state index in [0.717, 1.165) is 38.0 Å². The van der Waals surface area contributed by atoms with Crippen LogP contribution in [0.3, 0.4) is 0 Å². The molecule has 1 aliphatic rings. The van der Waals surface area contributed by atoms with Crippen LogP contribution in [0.1, 0.15) is 4.88 Å². The molecule has 1 saturated heterocycles. The molecule has 2 heterocycles. The number of guanidine groups is 1. The molecule has 1 aliphatic heterocycles. The summed E-state index contributed by atoms with van der Waals surface area (Å²) in [6.07, 6.45) is 0. The second-order valence-electron chi connectivity index (χ2n) is 4.81. The van der Waals surface area contributed by atoms with Crippen molar-refractivity contribution in [2.45, 2.75) is 6.54 Å². The number of ether oxygens (including phenoxy) is 1. The van der Waals surface area contributed by atoms with Crippen LogP contribution in [-0.4, -0.2) is 37.2 Å². The Hall–Kier alpha value is -1.85. The maximum atomic E-state index is 5.43. The van der Waals surface area contributed by atoms with E-state index in [1.807, 2.05) is 18.2 Å². The number of para-hydroxylation sites is 1. The van der Waals surface area contributed by atoms with Crippen LogP contribution in [-0.2, 0) is 11.3 Å². The van der Waals surface area contributed by atoms with Gasteiger partial charge in [-0.15, -0.1) is 11.3 Å². The second-order valence-corrected chi connectivity index (χ2v) is 5.84. The van der Waals surface area contributed by atoms with Crippen molar-refractivity contribution in [1.29, 1.82) is 0 Å². The fraction of sp³-hybridized carbons (Fsp3) is 0.312. The zero-order valence-corrected chi connectivity index (χ0v) is 12.7. The van der Waals surface area contributed by atoms with Crippen molar-refractivity contribution in [2.75, 3.05) is 31.6 Å². The molecule has 0 spiro atoms. The molecule has 0 bridgehead atoms. The summed E-state index contributed by atoms with van der Waals surface area (Å²) in [5.74, 6) is 0.929. The molecule has 1 aromatic heterocycles. The molecule has 0 saturated carbocycles. The normalized spacial score (nSPS) is 16.0. The van der Waals surface area contributed by atoms with Gasteiger partial charge in [-0.2, -0.15) is 0 Å². The first-order valence-electron chi connectivity index (χ1n) is 7.13. The smallest absolute Gasteiger partial charge is 0.198 e. The predicted octanol–water partition coefficient (Wildman–Crippen LogP) is 3.05. The minimum Gasteiger partial charge on any atom is -0.378 e. The monoisotopic (exact) mass is 301 g/mol. The van der Waals surface area contributed by atoms with E-state index in [4.69, 9.17) is 9.73 Å². The molecule has 0 atom stereocenters. The minimum atomic E-state index is 0.712. The van der Waals surface area contributed by atoms with Gasteiger partial charge in [0.05, 0.1) is 19.8 Å². The van der Waals surface area contributed by atoms with Gasteiger partial charge in [0.15, 0.2) is 5.96 Å².